The molecule has 0 saturated heterocycles. The molecule has 1 aromatic heterocycles. The van der Waals surface area contributed by atoms with Crippen LogP contribution < -0.4 is 0 Å². The molecular formula is C26H32N2O4. The summed E-state index contributed by atoms with van der Waals surface area (Å²) in [6, 6.07) is 12.1. The van der Waals surface area contributed by atoms with Crippen LogP contribution in [-0.2, 0) is 32.0 Å². The van der Waals surface area contributed by atoms with Crippen LogP contribution in [0.4, 0.5) is 0 Å². The summed E-state index contributed by atoms with van der Waals surface area (Å²) in [4.78, 5) is 21.9. The van der Waals surface area contributed by atoms with Crippen LogP contribution >= 0.6 is 0 Å². The molecule has 6 nitrogen and oxygen atoms in total. The van der Waals surface area contributed by atoms with E-state index < -0.39 is 0 Å². The molecule has 0 spiro atoms. The first-order chi connectivity index (χ1) is 15.7. The molecule has 1 fully saturated rings. The van der Waals surface area contributed by atoms with Crippen molar-refractivity contribution >= 4 is 11.7 Å². The number of hydrogen-bond donors (Lipinski definition) is 0. The van der Waals surface area contributed by atoms with Gasteiger partial charge in [0.15, 0.2) is 0 Å². The van der Waals surface area contributed by atoms with E-state index in [0.29, 0.717) is 38.0 Å². The summed E-state index contributed by atoms with van der Waals surface area (Å²) in [5.74, 6) is 0.906. The minimum atomic E-state index is 0.0552. The second-order valence-corrected chi connectivity index (χ2v) is 8.69. The zero-order valence-electron chi connectivity index (χ0n) is 19.0. The lowest BCUT2D eigenvalue weighted by Gasteiger charge is -2.28. The van der Waals surface area contributed by atoms with E-state index in [0.717, 1.165) is 48.1 Å². The van der Waals surface area contributed by atoms with Crippen molar-refractivity contribution < 1.29 is 19.0 Å². The van der Waals surface area contributed by atoms with Gasteiger partial charge in [-0.25, -0.2) is 4.99 Å². The van der Waals surface area contributed by atoms with E-state index in [4.69, 9.17) is 14.2 Å². The van der Waals surface area contributed by atoms with Crippen LogP contribution in [0.25, 0.3) is 0 Å². The maximum absolute atomic E-state index is 12.8. The van der Waals surface area contributed by atoms with Crippen molar-refractivity contribution in [2.75, 3.05) is 20.8 Å². The van der Waals surface area contributed by atoms with Crippen LogP contribution in [0.2, 0.25) is 0 Å². The molecule has 4 rings (SSSR count). The number of rotatable bonds is 9. The summed E-state index contributed by atoms with van der Waals surface area (Å²) in [7, 11) is 3.45. The quantitative estimate of drug-likeness (QED) is 0.588. The SMILES string of the molecule is COC[C@@H](CC(=O)Cc1cc2c(cn1)C(OC1CCC(OC)CC1)=NC2)c1ccccc1. The third-order valence-corrected chi connectivity index (χ3v) is 6.39. The van der Waals surface area contributed by atoms with Gasteiger partial charge in [-0.05, 0) is 42.9 Å². The molecule has 1 atom stereocenters. The molecule has 1 aliphatic carbocycles. The van der Waals surface area contributed by atoms with Crippen LogP contribution in [0, 0.1) is 0 Å². The maximum atomic E-state index is 12.8. The van der Waals surface area contributed by atoms with Crippen molar-refractivity contribution in [1.29, 1.82) is 0 Å². The molecule has 6 heteroatoms. The molecule has 2 aromatic rings. The third-order valence-electron chi connectivity index (χ3n) is 6.39. The van der Waals surface area contributed by atoms with E-state index >= 15 is 0 Å². The highest BCUT2D eigenvalue weighted by Gasteiger charge is 2.26. The number of hydrogen-bond acceptors (Lipinski definition) is 6. The van der Waals surface area contributed by atoms with Crippen LogP contribution in [0.1, 0.15) is 60.4 Å². The van der Waals surface area contributed by atoms with E-state index in [1.165, 1.54) is 0 Å². The molecule has 0 bridgehead atoms. The number of ether oxygens (including phenoxy) is 3. The molecular weight excluding hydrogens is 404 g/mol. The number of ketones is 1. The van der Waals surface area contributed by atoms with Gasteiger partial charge in [-0.1, -0.05) is 30.3 Å². The lowest BCUT2D eigenvalue weighted by molar-refractivity contribution is -0.119. The Balaban J connectivity index is 1.34. The zero-order valence-corrected chi connectivity index (χ0v) is 19.0. The zero-order chi connectivity index (χ0) is 22.3. The highest BCUT2D eigenvalue weighted by Crippen LogP contribution is 2.27. The van der Waals surface area contributed by atoms with E-state index in [1.54, 1.807) is 14.2 Å². The molecule has 0 unspecified atom stereocenters. The first-order valence-corrected chi connectivity index (χ1v) is 11.4. The second kappa shape index (κ2) is 10.8. The Morgan fingerprint density at radius 2 is 1.84 bits per heavy atom. The monoisotopic (exact) mass is 436 g/mol. The van der Waals surface area contributed by atoms with Crippen LogP contribution in [0.15, 0.2) is 47.6 Å². The normalized spacial score (nSPS) is 21.0. The number of methoxy groups -OCH3 is 2. The average molecular weight is 437 g/mol. The molecule has 32 heavy (non-hydrogen) atoms. The second-order valence-electron chi connectivity index (χ2n) is 8.69. The Hall–Kier alpha value is -2.57. The summed E-state index contributed by atoms with van der Waals surface area (Å²) >= 11 is 0. The van der Waals surface area contributed by atoms with Gasteiger partial charge in [0, 0.05) is 44.9 Å². The Morgan fingerprint density at radius 3 is 2.56 bits per heavy atom. The van der Waals surface area contributed by atoms with Gasteiger partial charge in [-0.2, -0.15) is 0 Å². The highest BCUT2D eigenvalue weighted by molar-refractivity contribution is 5.97. The van der Waals surface area contributed by atoms with Crippen LogP contribution in [-0.4, -0.2) is 49.7 Å². The summed E-state index contributed by atoms with van der Waals surface area (Å²) in [5, 5.41) is 0. The van der Waals surface area contributed by atoms with Gasteiger partial charge in [0.25, 0.3) is 0 Å². The lowest BCUT2D eigenvalue weighted by Crippen LogP contribution is -2.27. The summed E-state index contributed by atoms with van der Waals surface area (Å²) < 4.78 is 17.0. The predicted octanol–water partition coefficient (Wildman–Crippen LogP) is 4.25. The summed E-state index contributed by atoms with van der Waals surface area (Å²) in [5.41, 5.74) is 3.95. The minimum absolute atomic E-state index is 0.0552. The number of aliphatic imine (C=N–C) groups is 1. The molecule has 0 amide bonds. The standard InChI is InChI=1S/C26H32N2O4/c1-30-17-20(18-6-4-3-5-7-18)13-22(29)14-21-12-19-15-28-26(25(19)16-27-21)32-24-10-8-23(31-2)9-11-24/h3-7,12,16,20,23-24H,8-11,13-15,17H2,1-2H3/t20-,23?,24?/m1/s1. The van der Waals surface area contributed by atoms with Crippen LogP contribution in [0.5, 0.6) is 0 Å². The van der Waals surface area contributed by atoms with Gasteiger partial charge in [0.05, 0.1) is 24.8 Å². The Labute approximate surface area is 190 Å². The molecule has 0 radical (unpaired) electrons. The van der Waals surface area contributed by atoms with Crippen molar-refractivity contribution in [2.24, 2.45) is 4.99 Å². The van der Waals surface area contributed by atoms with Crippen molar-refractivity contribution in [2.45, 2.75) is 63.2 Å². The number of nitrogens with zero attached hydrogens (tertiary/aromatic N) is 2. The van der Waals surface area contributed by atoms with E-state index in [1.807, 2.05) is 42.6 Å². The molecule has 2 heterocycles. The predicted molar refractivity (Wildman–Crippen MR) is 123 cm³/mol. The molecule has 170 valence electrons. The maximum Gasteiger partial charge on any atom is 0.218 e. The van der Waals surface area contributed by atoms with Gasteiger partial charge < -0.3 is 14.2 Å². The fourth-order valence-electron chi connectivity index (χ4n) is 4.60. The number of benzene rings is 1. The summed E-state index contributed by atoms with van der Waals surface area (Å²) in [6.07, 6.45) is 7.11. The fourth-order valence-corrected chi connectivity index (χ4v) is 4.60. The third kappa shape index (κ3) is 5.61. The Morgan fingerprint density at radius 1 is 1.09 bits per heavy atom. The first kappa shape index (κ1) is 22.6. The van der Waals surface area contributed by atoms with Crippen molar-refractivity contribution in [1.82, 2.24) is 4.98 Å². The molecule has 2 aliphatic rings. The van der Waals surface area contributed by atoms with Crippen molar-refractivity contribution in [3.8, 4) is 0 Å². The smallest absolute Gasteiger partial charge is 0.218 e. The minimum Gasteiger partial charge on any atom is -0.474 e. The lowest BCUT2D eigenvalue weighted by atomic mass is 9.93. The number of Topliss-reactive ketones (excluding diaryl/α,β-unsaturated/α-hetero) is 1. The molecule has 1 aromatic carbocycles. The number of pyridine rings is 1. The topological polar surface area (TPSA) is 70.0 Å². The number of aromatic nitrogens is 1. The summed E-state index contributed by atoms with van der Waals surface area (Å²) in [6.45, 7) is 1.10. The Bertz CT molecular complexity index is 936. The Kier molecular flexibility index (Phi) is 7.66. The highest BCUT2D eigenvalue weighted by atomic mass is 16.5. The van der Waals surface area contributed by atoms with Crippen LogP contribution in [0.3, 0.4) is 0 Å². The van der Waals surface area contributed by atoms with Crippen molar-refractivity contribution in [3.05, 3.63) is 65.0 Å². The number of carbonyl (C=O) groups excluding carboxylic acids is 1. The molecule has 1 saturated carbocycles. The van der Waals surface area contributed by atoms with Gasteiger partial charge in [0.1, 0.15) is 11.9 Å². The van der Waals surface area contributed by atoms with Gasteiger partial charge in [0.2, 0.25) is 5.90 Å². The van der Waals surface area contributed by atoms with Gasteiger partial charge >= 0.3 is 0 Å². The largest absolute Gasteiger partial charge is 0.474 e. The number of carbonyl (C=O) groups is 1. The van der Waals surface area contributed by atoms with Crippen molar-refractivity contribution in [3.63, 3.8) is 0 Å². The van der Waals surface area contributed by atoms with Gasteiger partial charge in [-0.15, -0.1) is 0 Å². The van der Waals surface area contributed by atoms with E-state index in [2.05, 4.69) is 9.98 Å². The molecule has 1 aliphatic heterocycles. The van der Waals surface area contributed by atoms with E-state index in [9.17, 15) is 4.79 Å². The first-order valence-electron chi connectivity index (χ1n) is 11.4. The van der Waals surface area contributed by atoms with E-state index in [-0.39, 0.29) is 17.8 Å². The van der Waals surface area contributed by atoms with Gasteiger partial charge in [-0.3, -0.25) is 9.78 Å². The average Bonchev–Trinajstić information content (AvgIpc) is 3.21. The fraction of sp³-hybridized carbons (Fsp3) is 0.500. The number of fused-ring (bicyclic) bond motifs is 1. The molecule has 0 N–H and O–H groups in total.